The summed E-state index contributed by atoms with van der Waals surface area (Å²) in [4.78, 5) is 17.0. The topological polar surface area (TPSA) is 72.5 Å². The van der Waals surface area contributed by atoms with Crippen LogP contribution < -0.4 is 20.1 Å². The first-order valence-corrected chi connectivity index (χ1v) is 10.1. The number of ether oxygens (including phenoxy) is 2. The molecule has 0 saturated carbocycles. The molecule has 0 fully saturated rings. The van der Waals surface area contributed by atoms with E-state index in [4.69, 9.17) is 21.1 Å². The van der Waals surface area contributed by atoms with Gasteiger partial charge in [0.15, 0.2) is 11.5 Å². The van der Waals surface area contributed by atoms with E-state index in [0.29, 0.717) is 50.3 Å². The molecular weight excluding hydrogens is 452 g/mol. The maximum Gasteiger partial charge on any atom is 0.323 e. The van der Waals surface area contributed by atoms with E-state index in [9.17, 15) is 13.6 Å². The minimum Gasteiger partial charge on any atom is -0.493 e. The van der Waals surface area contributed by atoms with Crippen molar-refractivity contribution in [3.8, 4) is 22.6 Å². The van der Waals surface area contributed by atoms with Gasteiger partial charge in [0.2, 0.25) is 0 Å². The molecule has 0 spiro atoms. The Morgan fingerprint density at radius 3 is 2.39 bits per heavy atom. The fourth-order valence-electron chi connectivity index (χ4n) is 3.43. The number of carbonyl (C=O) groups excluding carboxylic acids is 1. The van der Waals surface area contributed by atoms with Gasteiger partial charge in [0.25, 0.3) is 0 Å². The zero-order valence-electron chi connectivity index (χ0n) is 17.6. The summed E-state index contributed by atoms with van der Waals surface area (Å²) < 4.78 is 37.9. The number of nitrogens with zero attached hydrogens (tertiary/aromatic N) is 1. The van der Waals surface area contributed by atoms with Crippen LogP contribution in [0, 0.1) is 11.6 Å². The quantitative estimate of drug-likeness (QED) is 0.350. The molecule has 0 aliphatic rings. The van der Waals surface area contributed by atoms with Gasteiger partial charge < -0.3 is 20.1 Å². The fraction of sp³-hybridized carbons (Fsp3) is 0.0833. The van der Waals surface area contributed by atoms with Gasteiger partial charge in [0.05, 0.1) is 37.3 Å². The van der Waals surface area contributed by atoms with Crippen molar-refractivity contribution in [1.82, 2.24) is 4.98 Å². The number of amides is 2. The minimum atomic E-state index is -0.895. The summed E-state index contributed by atoms with van der Waals surface area (Å²) in [5, 5.41) is 6.23. The summed E-state index contributed by atoms with van der Waals surface area (Å²) in [5.41, 5.74) is 2.15. The Labute approximate surface area is 193 Å². The van der Waals surface area contributed by atoms with Crippen molar-refractivity contribution in [1.29, 1.82) is 0 Å². The van der Waals surface area contributed by atoms with E-state index >= 15 is 0 Å². The minimum absolute atomic E-state index is 0.168. The van der Waals surface area contributed by atoms with Gasteiger partial charge in [-0.05, 0) is 48.0 Å². The molecule has 1 aromatic heterocycles. The average molecular weight is 470 g/mol. The second-order valence-corrected chi connectivity index (χ2v) is 7.42. The summed E-state index contributed by atoms with van der Waals surface area (Å²) in [6, 6.07) is 12.7. The Morgan fingerprint density at radius 2 is 1.67 bits per heavy atom. The lowest BCUT2D eigenvalue weighted by molar-refractivity contribution is 0.262. The smallest absolute Gasteiger partial charge is 0.323 e. The third kappa shape index (κ3) is 4.65. The van der Waals surface area contributed by atoms with Crippen LogP contribution in [0.1, 0.15) is 0 Å². The summed E-state index contributed by atoms with van der Waals surface area (Å²) in [7, 11) is 3.05. The van der Waals surface area contributed by atoms with E-state index in [0.717, 1.165) is 12.1 Å². The molecule has 4 aromatic rings. The average Bonchev–Trinajstić information content (AvgIpc) is 2.80. The SMILES string of the molecule is COc1ccc(-c2c(NC(=O)Nc3ccc(F)cc3F)cnc3ccc(Cl)cc23)cc1OC. The highest BCUT2D eigenvalue weighted by Gasteiger charge is 2.17. The number of carbonyl (C=O) groups is 1. The first kappa shape index (κ1) is 22.3. The van der Waals surface area contributed by atoms with Gasteiger partial charge in [0, 0.05) is 22.0 Å². The lowest BCUT2D eigenvalue weighted by atomic mass is 9.99. The van der Waals surface area contributed by atoms with Crippen molar-refractivity contribution in [2.45, 2.75) is 0 Å². The molecule has 0 atom stereocenters. The van der Waals surface area contributed by atoms with Crippen LogP contribution in [-0.4, -0.2) is 25.2 Å². The number of urea groups is 1. The Kier molecular flexibility index (Phi) is 6.28. The molecule has 9 heteroatoms. The Balaban J connectivity index is 1.79. The zero-order valence-corrected chi connectivity index (χ0v) is 18.3. The van der Waals surface area contributed by atoms with E-state index in [1.54, 1.807) is 36.4 Å². The molecule has 0 saturated heterocycles. The van der Waals surface area contributed by atoms with Crippen LogP contribution in [0.15, 0.2) is 60.8 Å². The molecule has 2 N–H and O–H groups in total. The van der Waals surface area contributed by atoms with Crippen LogP contribution in [-0.2, 0) is 0 Å². The number of nitrogens with one attached hydrogen (secondary N) is 2. The van der Waals surface area contributed by atoms with Gasteiger partial charge in [-0.3, -0.25) is 4.98 Å². The number of hydrogen-bond donors (Lipinski definition) is 2. The first-order chi connectivity index (χ1) is 15.9. The van der Waals surface area contributed by atoms with Crippen molar-refractivity contribution in [3.63, 3.8) is 0 Å². The first-order valence-electron chi connectivity index (χ1n) is 9.73. The van der Waals surface area contributed by atoms with Gasteiger partial charge >= 0.3 is 6.03 Å². The lowest BCUT2D eigenvalue weighted by Gasteiger charge is -2.16. The summed E-state index contributed by atoms with van der Waals surface area (Å²) in [5.74, 6) is -0.610. The number of hydrogen-bond acceptors (Lipinski definition) is 4. The molecule has 2 amide bonds. The number of pyridine rings is 1. The van der Waals surface area contributed by atoms with Crippen molar-refractivity contribution in [2.75, 3.05) is 24.9 Å². The second kappa shape index (κ2) is 9.30. The molecule has 33 heavy (non-hydrogen) atoms. The van der Waals surface area contributed by atoms with Gasteiger partial charge in [-0.15, -0.1) is 0 Å². The Bertz CT molecular complexity index is 1360. The van der Waals surface area contributed by atoms with Gasteiger partial charge in [-0.25, -0.2) is 13.6 Å². The second-order valence-electron chi connectivity index (χ2n) is 6.98. The third-order valence-electron chi connectivity index (χ3n) is 4.93. The Morgan fingerprint density at radius 1 is 0.909 bits per heavy atom. The summed E-state index contributed by atoms with van der Waals surface area (Å²) >= 11 is 6.24. The number of rotatable bonds is 5. The molecule has 0 unspecified atom stereocenters. The van der Waals surface area contributed by atoms with E-state index < -0.39 is 17.7 Å². The molecule has 0 aliphatic carbocycles. The van der Waals surface area contributed by atoms with E-state index in [1.165, 1.54) is 20.4 Å². The maximum atomic E-state index is 14.0. The largest absolute Gasteiger partial charge is 0.493 e. The molecule has 1 heterocycles. The normalized spacial score (nSPS) is 10.7. The Hall–Kier alpha value is -3.91. The van der Waals surface area contributed by atoms with Crippen LogP contribution in [0.25, 0.3) is 22.0 Å². The van der Waals surface area contributed by atoms with Gasteiger partial charge in [-0.1, -0.05) is 17.7 Å². The molecule has 6 nitrogen and oxygen atoms in total. The van der Waals surface area contributed by atoms with Crippen molar-refractivity contribution >= 4 is 39.9 Å². The number of halogens is 3. The van der Waals surface area contributed by atoms with Gasteiger partial charge in [-0.2, -0.15) is 0 Å². The highest BCUT2D eigenvalue weighted by molar-refractivity contribution is 6.31. The lowest BCUT2D eigenvalue weighted by Crippen LogP contribution is -2.20. The fourth-order valence-corrected chi connectivity index (χ4v) is 3.60. The predicted molar refractivity (Wildman–Crippen MR) is 124 cm³/mol. The van der Waals surface area contributed by atoms with Crippen LogP contribution in [0.2, 0.25) is 5.02 Å². The van der Waals surface area contributed by atoms with Gasteiger partial charge in [0.1, 0.15) is 11.6 Å². The monoisotopic (exact) mass is 469 g/mol. The highest BCUT2D eigenvalue weighted by atomic mass is 35.5. The van der Waals surface area contributed by atoms with Crippen LogP contribution in [0.5, 0.6) is 11.5 Å². The molecule has 0 aliphatic heterocycles. The number of aromatic nitrogens is 1. The molecule has 4 rings (SSSR count). The van der Waals surface area contributed by atoms with Crippen molar-refractivity contribution < 1.29 is 23.0 Å². The number of methoxy groups -OCH3 is 2. The molecule has 0 radical (unpaired) electrons. The van der Waals surface area contributed by atoms with E-state index in [-0.39, 0.29) is 5.69 Å². The van der Waals surface area contributed by atoms with Crippen LogP contribution in [0.4, 0.5) is 25.0 Å². The molecule has 0 bridgehead atoms. The van der Waals surface area contributed by atoms with E-state index in [2.05, 4.69) is 15.6 Å². The molecule has 3 aromatic carbocycles. The third-order valence-corrected chi connectivity index (χ3v) is 5.16. The summed E-state index contributed by atoms with van der Waals surface area (Å²) in [6.07, 6.45) is 1.49. The van der Waals surface area contributed by atoms with Crippen LogP contribution in [0.3, 0.4) is 0 Å². The summed E-state index contributed by atoms with van der Waals surface area (Å²) in [6.45, 7) is 0. The number of benzene rings is 3. The van der Waals surface area contributed by atoms with E-state index in [1.807, 2.05) is 0 Å². The number of anilines is 2. The zero-order chi connectivity index (χ0) is 23.5. The van der Waals surface area contributed by atoms with Crippen molar-refractivity contribution in [3.05, 3.63) is 77.5 Å². The molecule has 168 valence electrons. The maximum absolute atomic E-state index is 14.0. The van der Waals surface area contributed by atoms with Crippen molar-refractivity contribution in [2.24, 2.45) is 0 Å². The standard InChI is InChI=1S/C24H18ClF2N3O3/c1-32-21-8-3-13(9-22(21)33-2)23-16-10-14(25)4-6-18(16)28-12-20(23)30-24(31)29-19-7-5-15(26)11-17(19)27/h3-12H,1-2H3,(H2,29,30,31). The number of fused-ring (bicyclic) bond motifs is 1. The molecular formula is C24H18ClF2N3O3. The van der Waals surface area contributed by atoms with Crippen LogP contribution >= 0.6 is 11.6 Å². The highest BCUT2D eigenvalue weighted by Crippen LogP contribution is 2.39. The predicted octanol–water partition coefficient (Wildman–Crippen LogP) is 6.49.